The topological polar surface area (TPSA) is 55.4 Å². The van der Waals surface area contributed by atoms with Crippen molar-refractivity contribution in [3.8, 4) is 0 Å². The second kappa shape index (κ2) is 8.31. The van der Waals surface area contributed by atoms with Crippen LogP contribution < -0.4 is 5.32 Å². The summed E-state index contributed by atoms with van der Waals surface area (Å²) >= 11 is 7.46. The molecule has 1 aromatic carbocycles. The molecule has 0 radical (unpaired) electrons. The third kappa shape index (κ3) is 4.82. The molecule has 1 heterocycles. The summed E-state index contributed by atoms with van der Waals surface area (Å²) in [5.74, 6) is -0.897. The molecule has 0 bridgehead atoms. The van der Waals surface area contributed by atoms with E-state index >= 15 is 0 Å². The highest BCUT2D eigenvalue weighted by atomic mass is 35.5. The number of aryl methyl sites for hydroxylation is 3. The molecule has 0 atom stereocenters. The first-order valence-corrected chi connectivity index (χ1v) is 8.92. The average molecular weight is 366 g/mol. The zero-order chi connectivity index (χ0) is 17.7. The highest BCUT2D eigenvalue weighted by Crippen LogP contribution is 2.24. The Morgan fingerprint density at radius 2 is 2.00 bits per heavy atom. The van der Waals surface area contributed by atoms with Crippen LogP contribution in [-0.4, -0.2) is 18.5 Å². The average Bonchev–Trinajstić information content (AvgIpc) is 2.89. The summed E-state index contributed by atoms with van der Waals surface area (Å²) in [6.45, 7) is 5.65. The molecule has 4 nitrogen and oxygen atoms in total. The zero-order valence-corrected chi connectivity index (χ0v) is 15.5. The number of amides is 1. The molecule has 0 aliphatic rings. The number of esters is 1. The fourth-order valence-corrected chi connectivity index (χ4v) is 3.50. The van der Waals surface area contributed by atoms with Crippen LogP contribution in [0.3, 0.4) is 0 Å². The van der Waals surface area contributed by atoms with E-state index in [0.717, 1.165) is 28.8 Å². The SMILES string of the molecule is CCCc1cc(C(=O)OCC(=O)Nc2ccc(C)cc2Cl)sc1C. The van der Waals surface area contributed by atoms with Crippen LogP contribution in [0, 0.1) is 13.8 Å². The number of ether oxygens (including phenoxy) is 1. The van der Waals surface area contributed by atoms with E-state index in [4.69, 9.17) is 16.3 Å². The molecule has 0 aliphatic carbocycles. The van der Waals surface area contributed by atoms with Gasteiger partial charge in [0, 0.05) is 4.88 Å². The minimum atomic E-state index is -0.476. The molecule has 2 aromatic rings. The van der Waals surface area contributed by atoms with Crippen molar-refractivity contribution >= 4 is 40.5 Å². The van der Waals surface area contributed by atoms with Crippen LogP contribution in [0.2, 0.25) is 5.02 Å². The molecule has 0 saturated heterocycles. The van der Waals surface area contributed by atoms with Crippen LogP contribution in [0.4, 0.5) is 5.69 Å². The minimum Gasteiger partial charge on any atom is -0.451 e. The van der Waals surface area contributed by atoms with E-state index in [0.29, 0.717) is 15.6 Å². The van der Waals surface area contributed by atoms with Gasteiger partial charge in [0.2, 0.25) is 0 Å². The summed E-state index contributed by atoms with van der Waals surface area (Å²) < 4.78 is 5.09. The predicted octanol–water partition coefficient (Wildman–Crippen LogP) is 4.77. The Bertz CT molecular complexity index is 755. The van der Waals surface area contributed by atoms with Crippen LogP contribution >= 0.6 is 22.9 Å². The number of carbonyl (C=O) groups is 2. The molecule has 1 N–H and O–H groups in total. The molecule has 128 valence electrons. The van der Waals surface area contributed by atoms with Crippen molar-refractivity contribution in [1.82, 2.24) is 0 Å². The van der Waals surface area contributed by atoms with Gasteiger partial charge in [-0.05, 0) is 49.6 Å². The number of nitrogens with one attached hydrogen (secondary N) is 1. The second-order valence-electron chi connectivity index (χ2n) is 5.55. The lowest BCUT2D eigenvalue weighted by molar-refractivity contribution is -0.119. The van der Waals surface area contributed by atoms with Crippen LogP contribution in [0.25, 0.3) is 0 Å². The first-order valence-electron chi connectivity index (χ1n) is 7.73. The van der Waals surface area contributed by atoms with Crippen molar-refractivity contribution in [2.75, 3.05) is 11.9 Å². The fraction of sp³-hybridized carbons (Fsp3) is 0.333. The van der Waals surface area contributed by atoms with Gasteiger partial charge in [-0.1, -0.05) is 31.0 Å². The van der Waals surface area contributed by atoms with Gasteiger partial charge in [-0.2, -0.15) is 0 Å². The molecule has 24 heavy (non-hydrogen) atoms. The molecule has 6 heteroatoms. The van der Waals surface area contributed by atoms with E-state index in [9.17, 15) is 9.59 Å². The van der Waals surface area contributed by atoms with Gasteiger partial charge in [-0.25, -0.2) is 4.79 Å². The van der Waals surface area contributed by atoms with Gasteiger partial charge in [-0.3, -0.25) is 4.79 Å². The van der Waals surface area contributed by atoms with Gasteiger partial charge in [0.1, 0.15) is 4.88 Å². The monoisotopic (exact) mass is 365 g/mol. The molecule has 0 aliphatic heterocycles. The molecular formula is C18H20ClNO3S. The molecule has 0 fully saturated rings. The van der Waals surface area contributed by atoms with Crippen molar-refractivity contribution in [2.45, 2.75) is 33.6 Å². The lowest BCUT2D eigenvalue weighted by Crippen LogP contribution is -2.20. The summed E-state index contributed by atoms with van der Waals surface area (Å²) in [6.07, 6.45) is 1.95. The van der Waals surface area contributed by atoms with Gasteiger partial charge >= 0.3 is 5.97 Å². The van der Waals surface area contributed by atoms with Crippen LogP contribution in [-0.2, 0) is 16.0 Å². The number of anilines is 1. The predicted molar refractivity (Wildman–Crippen MR) is 98.2 cm³/mol. The van der Waals surface area contributed by atoms with E-state index in [2.05, 4.69) is 12.2 Å². The number of hydrogen-bond acceptors (Lipinski definition) is 4. The van der Waals surface area contributed by atoms with E-state index in [1.807, 2.05) is 26.0 Å². The van der Waals surface area contributed by atoms with Gasteiger partial charge in [0.25, 0.3) is 5.91 Å². The zero-order valence-electron chi connectivity index (χ0n) is 13.9. The molecule has 0 unspecified atom stereocenters. The molecule has 1 aromatic heterocycles. The maximum atomic E-state index is 12.1. The third-order valence-corrected chi connectivity index (χ3v) is 4.86. The Labute approximate surface area is 150 Å². The summed E-state index contributed by atoms with van der Waals surface area (Å²) in [6, 6.07) is 7.17. The third-order valence-electron chi connectivity index (χ3n) is 3.47. The van der Waals surface area contributed by atoms with Crippen molar-refractivity contribution in [3.63, 3.8) is 0 Å². The maximum absolute atomic E-state index is 12.1. The molecule has 0 saturated carbocycles. The first kappa shape index (κ1) is 18.5. The largest absolute Gasteiger partial charge is 0.451 e. The van der Waals surface area contributed by atoms with Crippen LogP contribution in [0.15, 0.2) is 24.3 Å². The lowest BCUT2D eigenvalue weighted by atomic mass is 10.1. The summed E-state index contributed by atoms with van der Waals surface area (Å²) in [4.78, 5) is 25.6. The van der Waals surface area contributed by atoms with Gasteiger partial charge in [0.15, 0.2) is 6.61 Å². The van der Waals surface area contributed by atoms with Crippen molar-refractivity contribution in [1.29, 1.82) is 0 Å². The number of halogens is 1. The van der Waals surface area contributed by atoms with Crippen molar-refractivity contribution < 1.29 is 14.3 Å². The van der Waals surface area contributed by atoms with Crippen molar-refractivity contribution in [2.24, 2.45) is 0 Å². The van der Waals surface area contributed by atoms with E-state index in [1.54, 1.807) is 12.1 Å². The first-order chi connectivity index (χ1) is 11.4. The highest BCUT2D eigenvalue weighted by molar-refractivity contribution is 7.14. The fourth-order valence-electron chi connectivity index (χ4n) is 2.25. The second-order valence-corrected chi connectivity index (χ2v) is 7.21. The smallest absolute Gasteiger partial charge is 0.348 e. The summed E-state index contributed by atoms with van der Waals surface area (Å²) in [5, 5.41) is 3.09. The summed E-state index contributed by atoms with van der Waals surface area (Å²) in [7, 11) is 0. The number of thiophene rings is 1. The van der Waals surface area contributed by atoms with E-state index in [1.165, 1.54) is 11.3 Å². The number of carbonyl (C=O) groups excluding carboxylic acids is 2. The van der Waals surface area contributed by atoms with E-state index in [-0.39, 0.29) is 6.61 Å². The Kier molecular flexibility index (Phi) is 6.40. The quantitative estimate of drug-likeness (QED) is 0.750. The van der Waals surface area contributed by atoms with Gasteiger partial charge < -0.3 is 10.1 Å². The standard InChI is InChI=1S/C18H20ClNO3S/c1-4-5-13-9-16(24-12(13)3)18(22)23-10-17(21)20-15-7-6-11(2)8-14(15)19/h6-9H,4-5,10H2,1-3H3,(H,20,21). The van der Waals surface area contributed by atoms with Crippen molar-refractivity contribution in [3.05, 3.63) is 50.2 Å². The Morgan fingerprint density at radius 1 is 1.25 bits per heavy atom. The maximum Gasteiger partial charge on any atom is 0.348 e. The molecule has 0 spiro atoms. The Morgan fingerprint density at radius 3 is 2.67 bits per heavy atom. The van der Waals surface area contributed by atoms with Crippen LogP contribution in [0.1, 0.15) is 39.0 Å². The number of rotatable bonds is 6. The normalized spacial score (nSPS) is 10.5. The Balaban J connectivity index is 1.91. The Hall–Kier alpha value is -1.85. The van der Waals surface area contributed by atoms with E-state index < -0.39 is 11.9 Å². The van der Waals surface area contributed by atoms with Gasteiger partial charge in [-0.15, -0.1) is 11.3 Å². The molecular weight excluding hydrogens is 346 g/mol. The molecule has 2 rings (SSSR count). The van der Waals surface area contributed by atoms with Gasteiger partial charge in [0.05, 0.1) is 10.7 Å². The lowest BCUT2D eigenvalue weighted by Gasteiger charge is -2.08. The molecule has 1 amide bonds. The van der Waals surface area contributed by atoms with Crippen LogP contribution in [0.5, 0.6) is 0 Å². The number of benzene rings is 1. The summed E-state index contributed by atoms with van der Waals surface area (Å²) in [5.41, 5.74) is 2.66. The highest BCUT2D eigenvalue weighted by Gasteiger charge is 2.15. The number of hydrogen-bond donors (Lipinski definition) is 1. The minimum absolute atomic E-state index is 0.344.